The predicted octanol–water partition coefficient (Wildman–Crippen LogP) is 8.45. The quantitative estimate of drug-likeness (QED) is 0.363. The predicted molar refractivity (Wildman–Crippen MR) is 143 cm³/mol. The highest BCUT2D eigenvalue weighted by molar-refractivity contribution is 5.73. The molecule has 1 N–H and O–H groups in total. The first-order valence-corrected chi connectivity index (χ1v) is 13.5. The zero-order valence-electron chi connectivity index (χ0n) is 22.9. The van der Waals surface area contributed by atoms with Gasteiger partial charge in [0.1, 0.15) is 0 Å². The molecule has 0 saturated heterocycles. The van der Waals surface area contributed by atoms with E-state index in [0.717, 1.165) is 49.1 Å². The van der Waals surface area contributed by atoms with Crippen LogP contribution in [0.25, 0.3) is 11.1 Å². The number of carboxylic acids is 1. The van der Waals surface area contributed by atoms with Crippen molar-refractivity contribution in [3.05, 3.63) is 59.2 Å². The number of carbonyl (C=O) groups is 1. The maximum absolute atomic E-state index is 13.2. The van der Waals surface area contributed by atoms with Gasteiger partial charge in [-0.2, -0.15) is 13.2 Å². The normalized spacial score (nSPS) is 19.0. The van der Waals surface area contributed by atoms with E-state index in [0.29, 0.717) is 41.0 Å². The van der Waals surface area contributed by atoms with Crippen molar-refractivity contribution in [2.24, 2.45) is 17.3 Å². The minimum absolute atomic E-state index is 0.123. The highest BCUT2D eigenvalue weighted by atomic mass is 19.4. The van der Waals surface area contributed by atoms with Gasteiger partial charge in [-0.1, -0.05) is 65.0 Å². The van der Waals surface area contributed by atoms with Crippen LogP contribution in [-0.2, 0) is 23.9 Å². The van der Waals surface area contributed by atoms with Gasteiger partial charge >= 0.3 is 12.1 Å². The molecule has 0 heterocycles. The lowest BCUT2D eigenvalue weighted by Crippen LogP contribution is -2.40. The zero-order valence-corrected chi connectivity index (χ0v) is 22.9. The molecule has 0 unspecified atom stereocenters. The van der Waals surface area contributed by atoms with E-state index in [2.05, 4.69) is 39.5 Å². The third-order valence-electron chi connectivity index (χ3n) is 7.86. The van der Waals surface area contributed by atoms with Gasteiger partial charge in [-0.15, -0.1) is 0 Å². The third-order valence-corrected chi connectivity index (χ3v) is 7.86. The lowest BCUT2D eigenvalue weighted by Gasteiger charge is -2.41. The van der Waals surface area contributed by atoms with Crippen LogP contribution in [0.5, 0.6) is 0 Å². The van der Waals surface area contributed by atoms with E-state index >= 15 is 0 Å². The van der Waals surface area contributed by atoms with Crippen LogP contribution in [0.3, 0.4) is 0 Å². The fourth-order valence-corrected chi connectivity index (χ4v) is 5.49. The van der Waals surface area contributed by atoms with Gasteiger partial charge in [0.25, 0.3) is 0 Å². The van der Waals surface area contributed by atoms with Gasteiger partial charge in [-0.25, -0.2) is 0 Å². The Bertz CT molecular complexity index is 1030. The van der Waals surface area contributed by atoms with Gasteiger partial charge in [0.15, 0.2) is 0 Å². The van der Waals surface area contributed by atoms with E-state index in [-0.39, 0.29) is 6.42 Å². The Morgan fingerprint density at radius 1 is 1.00 bits per heavy atom. The van der Waals surface area contributed by atoms with Crippen molar-refractivity contribution in [1.29, 1.82) is 0 Å². The van der Waals surface area contributed by atoms with Crippen molar-refractivity contribution < 1.29 is 23.1 Å². The zero-order chi connectivity index (χ0) is 27.4. The van der Waals surface area contributed by atoms with Crippen LogP contribution in [0.4, 0.5) is 13.2 Å². The number of halogens is 3. The average Bonchev–Trinajstić information content (AvgIpc) is 2.81. The van der Waals surface area contributed by atoms with Gasteiger partial charge in [0, 0.05) is 12.6 Å². The Labute approximate surface area is 220 Å². The maximum atomic E-state index is 13.2. The van der Waals surface area contributed by atoms with Crippen molar-refractivity contribution in [2.45, 2.75) is 91.9 Å². The second kappa shape index (κ2) is 12.0. The smallest absolute Gasteiger partial charge is 0.416 e. The summed E-state index contributed by atoms with van der Waals surface area (Å²) in [5.41, 5.74) is 2.78. The molecule has 0 aliphatic heterocycles. The monoisotopic (exact) mass is 517 g/mol. The van der Waals surface area contributed by atoms with E-state index in [1.807, 2.05) is 18.2 Å². The molecule has 1 fully saturated rings. The topological polar surface area (TPSA) is 40.5 Å². The summed E-state index contributed by atoms with van der Waals surface area (Å²) >= 11 is 0. The highest BCUT2D eigenvalue weighted by Crippen LogP contribution is 2.40. The van der Waals surface area contributed by atoms with Crippen LogP contribution in [0.1, 0.15) is 83.4 Å². The summed E-state index contributed by atoms with van der Waals surface area (Å²) in [6.07, 6.45) is 1.25. The lowest BCUT2D eigenvalue weighted by atomic mass is 9.71. The highest BCUT2D eigenvalue weighted by Gasteiger charge is 2.33. The molecule has 0 bridgehead atoms. The summed E-state index contributed by atoms with van der Waals surface area (Å²) in [4.78, 5) is 13.9. The molecule has 0 radical (unpaired) electrons. The van der Waals surface area contributed by atoms with Crippen LogP contribution in [0.15, 0.2) is 42.5 Å². The fraction of sp³-hybridized carbons (Fsp3) is 0.581. The van der Waals surface area contributed by atoms with Gasteiger partial charge in [0.05, 0.1) is 12.0 Å². The Balaban J connectivity index is 1.92. The molecule has 204 valence electrons. The molecular weight excluding hydrogens is 475 g/mol. The molecule has 3 nitrogen and oxygen atoms in total. The van der Waals surface area contributed by atoms with Crippen LogP contribution >= 0.6 is 0 Å². The van der Waals surface area contributed by atoms with Gasteiger partial charge in [0.2, 0.25) is 0 Å². The molecule has 3 rings (SSSR count). The molecule has 6 heteroatoms. The van der Waals surface area contributed by atoms with Gasteiger partial charge in [-0.3, -0.25) is 9.69 Å². The number of hydrogen-bond acceptors (Lipinski definition) is 2. The molecule has 1 aliphatic carbocycles. The molecule has 1 saturated carbocycles. The first-order valence-electron chi connectivity index (χ1n) is 13.5. The Kier molecular flexibility index (Phi) is 9.49. The number of rotatable bonds is 9. The summed E-state index contributed by atoms with van der Waals surface area (Å²) in [6, 6.07) is 11.3. The first kappa shape index (κ1) is 29.2. The third kappa shape index (κ3) is 8.33. The summed E-state index contributed by atoms with van der Waals surface area (Å²) < 4.78 is 39.5. The SMILES string of the molecule is CC(C)CCN(Cc1ccc(CC(=O)O)cc1-c1ccc(C(F)(F)F)cc1)C1CCC(C(C)(C)C)CC1. The van der Waals surface area contributed by atoms with Crippen molar-refractivity contribution in [3.63, 3.8) is 0 Å². The summed E-state index contributed by atoms with van der Waals surface area (Å²) in [5.74, 6) is 0.356. The Morgan fingerprint density at radius 2 is 1.62 bits per heavy atom. The number of carboxylic acid groups (broad SMARTS) is 1. The first-order chi connectivity index (χ1) is 17.2. The number of alkyl halides is 3. The number of aliphatic carboxylic acids is 1. The largest absolute Gasteiger partial charge is 0.481 e. The fourth-order valence-electron chi connectivity index (χ4n) is 5.49. The molecule has 1 aliphatic rings. The minimum atomic E-state index is -4.40. The van der Waals surface area contributed by atoms with E-state index in [1.165, 1.54) is 25.0 Å². The van der Waals surface area contributed by atoms with E-state index in [4.69, 9.17) is 0 Å². The number of hydrogen-bond donors (Lipinski definition) is 1. The maximum Gasteiger partial charge on any atom is 0.416 e. The van der Waals surface area contributed by atoms with E-state index < -0.39 is 17.7 Å². The van der Waals surface area contributed by atoms with Crippen LogP contribution in [-0.4, -0.2) is 28.6 Å². The lowest BCUT2D eigenvalue weighted by molar-refractivity contribution is -0.138. The van der Waals surface area contributed by atoms with Crippen LogP contribution in [0, 0.1) is 17.3 Å². The molecule has 0 amide bonds. The number of nitrogens with zero attached hydrogens (tertiary/aromatic N) is 1. The van der Waals surface area contributed by atoms with Crippen LogP contribution in [0.2, 0.25) is 0 Å². The van der Waals surface area contributed by atoms with Crippen molar-refractivity contribution >= 4 is 5.97 Å². The molecule has 0 spiro atoms. The average molecular weight is 518 g/mol. The van der Waals surface area contributed by atoms with Crippen molar-refractivity contribution in [1.82, 2.24) is 4.90 Å². The molecule has 0 atom stereocenters. The summed E-state index contributed by atoms with van der Waals surface area (Å²) in [7, 11) is 0. The molecule has 2 aromatic rings. The molecular formula is C31H42F3NO2. The summed E-state index contributed by atoms with van der Waals surface area (Å²) in [5, 5.41) is 9.31. The molecule has 2 aromatic carbocycles. The molecule has 0 aromatic heterocycles. The van der Waals surface area contributed by atoms with E-state index in [9.17, 15) is 23.1 Å². The van der Waals surface area contributed by atoms with E-state index in [1.54, 1.807) is 0 Å². The summed E-state index contributed by atoms with van der Waals surface area (Å²) in [6.45, 7) is 13.1. The minimum Gasteiger partial charge on any atom is -0.481 e. The second-order valence-corrected chi connectivity index (χ2v) is 12.2. The Morgan fingerprint density at radius 3 is 2.14 bits per heavy atom. The van der Waals surface area contributed by atoms with Crippen molar-refractivity contribution in [3.8, 4) is 11.1 Å². The standard InChI is InChI=1S/C31H42F3NO2/c1-21(2)16-17-35(27-14-12-25(13-15-27)30(3,4)5)20-24-7-6-22(19-29(36)37)18-28(24)23-8-10-26(11-9-23)31(32,33)34/h6-11,18,21,25,27H,12-17,19-20H2,1-5H3,(H,36,37). The van der Waals surface area contributed by atoms with Crippen molar-refractivity contribution in [2.75, 3.05) is 6.54 Å². The van der Waals surface area contributed by atoms with Gasteiger partial charge < -0.3 is 5.11 Å². The molecule has 37 heavy (non-hydrogen) atoms. The van der Waals surface area contributed by atoms with Gasteiger partial charge in [-0.05, 0) is 90.3 Å². The Hall–Kier alpha value is -2.34. The number of benzene rings is 2. The second-order valence-electron chi connectivity index (χ2n) is 12.2. The van der Waals surface area contributed by atoms with Crippen LogP contribution < -0.4 is 0 Å².